The summed E-state index contributed by atoms with van der Waals surface area (Å²) in [7, 11) is 1.67. The van der Waals surface area contributed by atoms with Gasteiger partial charge in [0.1, 0.15) is 0 Å². The van der Waals surface area contributed by atoms with Gasteiger partial charge in [0.15, 0.2) is 0 Å². The minimum absolute atomic E-state index is 0.0453. The third-order valence-electron chi connectivity index (χ3n) is 3.54. The van der Waals surface area contributed by atoms with Crippen LogP contribution < -0.4 is 5.32 Å². The predicted octanol–water partition coefficient (Wildman–Crippen LogP) is 1.45. The number of nitrogens with one attached hydrogen (secondary N) is 1. The second-order valence-corrected chi connectivity index (χ2v) is 5.45. The Bertz CT molecular complexity index is 366. The van der Waals surface area contributed by atoms with Crippen molar-refractivity contribution < 1.29 is 19.5 Å². The van der Waals surface area contributed by atoms with Gasteiger partial charge in [0, 0.05) is 25.9 Å². The number of rotatable bonds is 6. The van der Waals surface area contributed by atoms with E-state index in [9.17, 15) is 14.4 Å². The molecule has 108 valence electrons. The maximum absolute atomic E-state index is 11.8. The number of hydrogen-bond donors (Lipinski definition) is 2. The zero-order valence-electron chi connectivity index (χ0n) is 11.7. The van der Waals surface area contributed by atoms with Gasteiger partial charge < -0.3 is 10.0 Å². The molecule has 6 heteroatoms. The molecule has 2 N–H and O–H groups in total. The van der Waals surface area contributed by atoms with Crippen molar-refractivity contribution in [2.24, 2.45) is 11.8 Å². The van der Waals surface area contributed by atoms with Crippen molar-refractivity contribution in [1.29, 1.82) is 0 Å². The Labute approximate surface area is 113 Å². The first-order chi connectivity index (χ1) is 8.81. The van der Waals surface area contributed by atoms with E-state index in [4.69, 9.17) is 5.11 Å². The van der Waals surface area contributed by atoms with Gasteiger partial charge in [-0.3, -0.25) is 14.9 Å². The molecule has 1 aliphatic rings. The Morgan fingerprint density at radius 1 is 1.26 bits per heavy atom. The molecule has 1 aliphatic carbocycles. The average molecular weight is 270 g/mol. The lowest BCUT2D eigenvalue weighted by Crippen LogP contribution is -2.45. The zero-order chi connectivity index (χ0) is 14.6. The number of aliphatic carboxylic acids is 1. The van der Waals surface area contributed by atoms with E-state index in [2.05, 4.69) is 5.32 Å². The van der Waals surface area contributed by atoms with Crippen LogP contribution in [0.1, 0.15) is 39.5 Å². The lowest BCUT2D eigenvalue weighted by Gasteiger charge is -2.24. The molecule has 0 aromatic rings. The molecule has 19 heavy (non-hydrogen) atoms. The number of carboxylic acid groups (broad SMARTS) is 1. The van der Waals surface area contributed by atoms with Crippen molar-refractivity contribution >= 4 is 17.9 Å². The number of imide groups is 1. The van der Waals surface area contributed by atoms with E-state index in [0.717, 1.165) is 12.8 Å². The molecule has 1 saturated carbocycles. The number of hydrogen-bond acceptors (Lipinski definition) is 3. The first-order valence-electron chi connectivity index (χ1n) is 6.59. The highest BCUT2D eigenvalue weighted by atomic mass is 16.4. The van der Waals surface area contributed by atoms with Crippen molar-refractivity contribution in [2.75, 3.05) is 7.05 Å². The van der Waals surface area contributed by atoms with Crippen molar-refractivity contribution in [3.05, 3.63) is 0 Å². The largest absolute Gasteiger partial charge is 0.481 e. The summed E-state index contributed by atoms with van der Waals surface area (Å²) < 4.78 is 0. The van der Waals surface area contributed by atoms with Crippen LogP contribution in [-0.4, -0.2) is 41.0 Å². The van der Waals surface area contributed by atoms with E-state index in [1.807, 2.05) is 6.92 Å². The predicted molar refractivity (Wildman–Crippen MR) is 69.5 cm³/mol. The van der Waals surface area contributed by atoms with Crippen LogP contribution in [0.4, 0.5) is 4.79 Å². The normalized spacial score (nSPS) is 17.4. The highest BCUT2D eigenvalue weighted by molar-refractivity contribution is 5.94. The summed E-state index contributed by atoms with van der Waals surface area (Å²) in [6.07, 6.45) is 2.23. The number of urea groups is 1. The fourth-order valence-electron chi connectivity index (χ4n) is 2.03. The summed E-state index contributed by atoms with van der Waals surface area (Å²) >= 11 is 0. The number of nitrogens with zero attached hydrogens (tertiary/aromatic N) is 1. The molecular weight excluding hydrogens is 248 g/mol. The van der Waals surface area contributed by atoms with Gasteiger partial charge in [0.05, 0.1) is 0 Å². The Hall–Kier alpha value is -1.59. The molecule has 2 unspecified atom stereocenters. The van der Waals surface area contributed by atoms with E-state index < -0.39 is 17.9 Å². The van der Waals surface area contributed by atoms with Gasteiger partial charge in [0.25, 0.3) is 0 Å². The molecule has 0 bridgehead atoms. The summed E-state index contributed by atoms with van der Waals surface area (Å²) in [6, 6.07) is -0.281. The zero-order valence-corrected chi connectivity index (χ0v) is 11.7. The van der Waals surface area contributed by atoms with Gasteiger partial charge in [-0.2, -0.15) is 0 Å². The molecule has 0 spiro atoms. The van der Waals surface area contributed by atoms with E-state index >= 15 is 0 Å². The van der Waals surface area contributed by atoms with Crippen LogP contribution in [0, 0.1) is 11.8 Å². The molecule has 0 heterocycles. The highest BCUT2D eigenvalue weighted by Gasteiger charge is 2.32. The minimum atomic E-state index is -0.939. The monoisotopic (exact) mass is 270 g/mol. The van der Waals surface area contributed by atoms with Crippen LogP contribution in [0.25, 0.3) is 0 Å². The van der Waals surface area contributed by atoms with E-state index in [-0.39, 0.29) is 24.8 Å². The van der Waals surface area contributed by atoms with Crippen molar-refractivity contribution in [2.45, 2.75) is 45.6 Å². The van der Waals surface area contributed by atoms with Crippen LogP contribution >= 0.6 is 0 Å². The minimum Gasteiger partial charge on any atom is -0.481 e. The van der Waals surface area contributed by atoms with Crippen molar-refractivity contribution in [1.82, 2.24) is 10.2 Å². The van der Waals surface area contributed by atoms with Gasteiger partial charge in [-0.25, -0.2) is 4.79 Å². The summed E-state index contributed by atoms with van der Waals surface area (Å²) in [5.41, 5.74) is 0. The van der Waals surface area contributed by atoms with Crippen molar-refractivity contribution in [3.63, 3.8) is 0 Å². The molecule has 6 nitrogen and oxygen atoms in total. The second-order valence-electron chi connectivity index (χ2n) is 5.45. The van der Waals surface area contributed by atoms with Crippen LogP contribution in [-0.2, 0) is 9.59 Å². The molecule has 0 aromatic heterocycles. The first kappa shape index (κ1) is 15.5. The maximum atomic E-state index is 11.8. The third-order valence-corrected chi connectivity index (χ3v) is 3.54. The van der Waals surface area contributed by atoms with Gasteiger partial charge in [-0.1, -0.05) is 6.92 Å². The molecule has 0 radical (unpaired) electrons. The molecular formula is C13H22N2O4. The molecule has 1 rings (SSSR count). The van der Waals surface area contributed by atoms with E-state index in [1.54, 1.807) is 14.0 Å². The van der Waals surface area contributed by atoms with Gasteiger partial charge in [-0.05, 0) is 31.6 Å². The Morgan fingerprint density at radius 3 is 2.32 bits per heavy atom. The fourth-order valence-corrected chi connectivity index (χ4v) is 2.03. The van der Waals surface area contributed by atoms with Gasteiger partial charge in [-0.15, -0.1) is 0 Å². The number of carbonyl (C=O) groups is 3. The smallest absolute Gasteiger partial charge is 0.324 e. The topological polar surface area (TPSA) is 86.7 Å². The molecule has 3 amide bonds. The summed E-state index contributed by atoms with van der Waals surface area (Å²) in [5.74, 6) is -1.10. The summed E-state index contributed by atoms with van der Waals surface area (Å²) in [6.45, 7) is 3.64. The quantitative estimate of drug-likeness (QED) is 0.765. The van der Waals surface area contributed by atoms with Crippen LogP contribution in [0.15, 0.2) is 0 Å². The van der Waals surface area contributed by atoms with Gasteiger partial charge >= 0.3 is 12.0 Å². The Morgan fingerprint density at radius 2 is 1.84 bits per heavy atom. The lowest BCUT2D eigenvalue weighted by molar-refractivity contribution is -0.138. The summed E-state index contributed by atoms with van der Waals surface area (Å²) in [5, 5.41) is 10.9. The maximum Gasteiger partial charge on any atom is 0.324 e. The van der Waals surface area contributed by atoms with Crippen molar-refractivity contribution in [3.8, 4) is 0 Å². The Kier molecular flexibility index (Phi) is 5.32. The summed E-state index contributed by atoms with van der Waals surface area (Å²) in [4.78, 5) is 35.4. The fraction of sp³-hybridized carbons (Fsp3) is 0.769. The third kappa shape index (κ3) is 5.28. The second kappa shape index (κ2) is 6.54. The number of carboxylic acids is 1. The van der Waals surface area contributed by atoms with E-state index in [1.165, 1.54) is 4.90 Å². The van der Waals surface area contributed by atoms with Crippen LogP contribution in [0.3, 0.4) is 0 Å². The van der Waals surface area contributed by atoms with Gasteiger partial charge in [0.2, 0.25) is 5.91 Å². The lowest BCUT2D eigenvalue weighted by atomic mass is 10.0. The average Bonchev–Trinajstić information content (AvgIpc) is 3.08. The SMILES string of the molecule is CC(CC(=O)O)CC(=O)NC(=O)N(C)C(C)C1CC1. The van der Waals surface area contributed by atoms with Crippen LogP contribution in [0.5, 0.6) is 0 Å². The molecule has 0 saturated heterocycles. The molecule has 1 fully saturated rings. The van der Waals surface area contributed by atoms with Crippen LogP contribution in [0.2, 0.25) is 0 Å². The molecule has 2 atom stereocenters. The molecule has 0 aliphatic heterocycles. The first-order valence-corrected chi connectivity index (χ1v) is 6.59. The van der Waals surface area contributed by atoms with E-state index in [0.29, 0.717) is 5.92 Å². The molecule has 0 aromatic carbocycles. The standard InChI is InChI=1S/C13H22N2O4/c1-8(7-12(17)18)6-11(16)14-13(19)15(3)9(2)10-4-5-10/h8-10H,4-7H2,1-3H3,(H,17,18)(H,14,16,19). The number of amides is 3. The number of carbonyl (C=O) groups excluding carboxylic acids is 2. The Balaban J connectivity index is 2.34. The highest BCUT2D eigenvalue weighted by Crippen LogP contribution is 2.34.